The lowest BCUT2D eigenvalue weighted by Gasteiger charge is -2.23. The summed E-state index contributed by atoms with van der Waals surface area (Å²) < 4.78 is 14.0. The van der Waals surface area contributed by atoms with E-state index in [0.29, 0.717) is 5.75 Å². The Bertz CT molecular complexity index is 807. The number of imidazole rings is 1. The molecule has 0 spiro atoms. The second kappa shape index (κ2) is 9.54. The lowest BCUT2D eigenvalue weighted by atomic mass is 9.86. The van der Waals surface area contributed by atoms with Crippen LogP contribution >= 0.6 is 11.8 Å². The average Bonchev–Trinajstić information content (AvgIpc) is 3.28. The molecule has 2 heterocycles. The maximum atomic E-state index is 10.5. The van der Waals surface area contributed by atoms with Gasteiger partial charge < -0.3 is 19.1 Å². The summed E-state index contributed by atoms with van der Waals surface area (Å²) in [7, 11) is 0. The molecule has 2 atom stereocenters. The summed E-state index contributed by atoms with van der Waals surface area (Å²) in [6.45, 7) is 12.6. The Balaban J connectivity index is 1.58. The van der Waals surface area contributed by atoms with Crippen molar-refractivity contribution in [3.8, 4) is 5.75 Å². The zero-order valence-electron chi connectivity index (χ0n) is 18.3. The fourth-order valence-electron chi connectivity index (χ4n) is 3.56. The van der Waals surface area contributed by atoms with Crippen LogP contribution in [0.5, 0.6) is 5.75 Å². The Kier molecular flexibility index (Phi) is 7.30. The minimum atomic E-state index is -0.568. The first-order chi connectivity index (χ1) is 13.8. The van der Waals surface area contributed by atoms with E-state index in [4.69, 9.17) is 14.5 Å². The molecule has 6 heteroatoms. The van der Waals surface area contributed by atoms with Crippen molar-refractivity contribution in [1.29, 1.82) is 0 Å². The van der Waals surface area contributed by atoms with Crippen LogP contribution in [0.2, 0.25) is 0 Å². The molecule has 1 saturated heterocycles. The van der Waals surface area contributed by atoms with Crippen LogP contribution in [0.25, 0.3) is 0 Å². The van der Waals surface area contributed by atoms with Gasteiger partial charge >= 0.3 is 0 Å². The number of aliphatic hydroxyl groups excluding tert-OH is 1. The van der Waals surface area contributed by atoms with Crippen LogP contribution in [-0.4, -0.2) is 45.8 Å². The molecule has 1 aliphatic rings. The smallest absolute Gasteiger partial charge is 0.168 e. The standard InChI is InChI=1S/C23H34N2O3S/c1-16-17(2)25(13-19-9-8-12-27-19)22(24-16)29-15-18(26)14-28-21-11-7-6-10-20(21)23(3,4)5/h6-7,10-11,18-19,26H,8-9,12-15H2,1-5H3. The van der Waals surface area contributed by atoms with E-state index in [2.05, 4.69) is 38.3 Å². The fraction of sp³-hybridized carbons (Fsp3) is 0.609. The number of hydrogen-bond donors (Lipinski definition) is 1. The third-order valence-electron chi connectivity index (χ3n) is 5.36. The quantitative estimate of drug-likeness (QED) is 0.639. The van der Waals surface area contributed by atoms with Gasteiger partial charge in [0.1, 0.15) is 12.4 Å². The van der Waals surface area contributed by atoms with Crippen LogP contribution < -0.4 is 4.74 Å². The maximum Gasteiger partial charge on any atom is 0.168 e. The highest BCUT2D eigenvalue weighted by Gasteiger charge is 2.22. The number of hydrogen-bond acceptors (Lipinski definition) is 5. The minimum Gasteiger partial charge on any atom is -0.491 e. The Labute approximate surface area is 178 Å². The van der Waals surface area contributed by atoms with Gasteiger partial charge in [0.05, 0.1) is 24.4 Å². The van der Waals surface area contributed by atoms with E-state index in [1.54, 1.807) is 11.8 Å². The van der Waals surface area contributed by atoms with Gasteiger partial charge in [-0.25, -0.2) is 4.98 Å². The summed E-state index contributed by atoms with van der Waals surface area (Å²) in [6.07, 6.45) is 1.93. The number of benzene rings is 1. The van der Waals surface area contributed by atoms with Gasteiger partial charge in [0.15, 0.2) is 5.16 Å². The molecule has 1 fully saturated rings. The van der Waals surface area contributed by atoms with E-state index in [1.165, 1.54) is 5.69 Å². The van der Waals surface area contributed by atoms with Gasteiger partial charge in [0.2, 0.25) is 0 Å². The third kappa shape index (κ3) is 5.77. The summed E-state index contributed by atoms with van der Waals surface area (Å²) in [4.78, 5) is 4.71. The zero-order chi connectivity index (χ0) is 21.0. The van der Waals surface area contributed by atoms with Crippen molar-refractivity contribution in [3.63, 3.8) is 0 Å². The topological polar surface area (TPSA) is 56.5 Å². The van der Waals surface area contributed by atoms with Crippen LogP contribution in [0.3, 0.4) is 0 Å². The van der Waals surface area contributed by atoms with Crippen LogP contribution in [0, 0.1) is 13.8 Å². The van der Waals surface area contributed by atoms with Crippen molar-refractivity contribution in [1.82, 2.24) is 9.55 Å². The van der Waals surface area contributed by atoms with Crippen LogP contribution in [-0.2, 0) is 16.7 Å². The van der Waals surface area contributed by atoms with E-state index < -0.39 is 6.10 Å². The van der Waals surface area contributed by atoms with Gasteiger partial charge in [-0.2, -0.15) is 0 Å². The summed E-state index contributed by atoms with van der Waals surface area (Å²) in [5.74, 6) is 1.38. The first kappa shape index (κ1) is 22.2. The second-order valence-electron chi connectivity index (χ2n) is 8.83. The number of nitrogens with zero attached hydrogens (tertiary/aromatic N) is 2. The van der Waals surface area contributed by atoms with Crippen molar-refractivity contribution in [2.75, 3.05) is 19.0 Å². The van der Waals surface area contributed by atoms with E-state index in [1.807, 2.05) is 25.1 Å². The van der Waals surface area contributed by atoms with Crippen LogP contribution in [0.4, 0.5) is 0 Å². The molecule has 160 valence electrons. The van der Waals surface area contributed by atoms with E-state index in [-0.39, 0.29) is 18.1 Å². The number of para-hydroxylation sites is 1. The Morgan fingerprint density at radius 2 is 2.07 bits per heavy atom. The summed E-state index contributed by atoms with van der Waals surface area (Å²) in [5, 5.41) is 11.5. The van der Waals surface area contributed by atoms with Crippen molar-refractivity contribution in [3.05, 3.63) is 41.2 Å². The van der Waals surface area contributed by atoms with Crippen molar-refractivity contribution in [2.24, 2.45) is 0 Å². The molecular weight excluding hydrogens is 384 g/mol. The highest BCUT2D eigenvalue weighted by atomic mass is 32.2. The first-order valence-corrected chi connectivity index (χ1v) is 11.4. The van der Waals surface area contributed by atoms with E-state index >= 15 is 0 Å². The van der Waals surface area contributed by atoms with Gasteiger partial charge in [-0.15, -0.1) is 0 Å². The van der Waals surface area contributed by atoms with Gasteiger partial charge in [-0.1, -0.05) is 50.7 Å². The molecule has 1 N–H and O–H groups in total. The van der Waals surface area contributed by atoms with Crippen LogP contribution in [0.15, 0.2) is 29.4 Å². The van der Waals surface area contributed by atoms with Crippen molar-refractivity contribution in [2.45, 2.75) is 76.8 Å². The molecule has 0 saturated carbocycles. The van der Waals surface area contributed by atoms with Gasteiger partial charge in [-0.3, -0.25) is 0 Å². The number of thioether (sulfide) groups is 1. The van der Waals surface area contributed by atoms with E-state index in [0.717, 1.165) is 48.2 Å². The average molecular weight is 419 g/mol. The summed E-state index contributed by atoms with van der Waals surface area (Å²) >= 11 is 1.58. The Morgan fingerprint density at radius 1 is 1.31 bits per heavy atom. The monoisotopic (exact) mass is 418 g/mol. The molecule has 1 aromatic carbocycles. The largest absolute Gasteiger partial charge is 0.491 e. The first-order valence-electron chi connectivity index (χ1n) is 10.4. The molecule has 0 bridgehead atoms. The SMILES string of the molecule is Cc1nc(SCC(O)COc2ccccc2C(C)(C)C)n(CC2CCCO2)c1C. The molecule has 2 unspecified atom stereocenters. The Morgan fingerprint density at radius 3 is 2.76 bits per heavy atom. The lowest BCUT2D eigenvalue weighted by Crippen LogP contribution is -2.22. The second-order valence-corrected chi connectivity index (χ2v) is 9.82. The highest BCUT2D eigenvalue weighted by molar-refractivity contribution is 7.99. The molecule has 29 heavy (non-hydrogen) atoms. The van der Waals surface area contributed by atoms with Crippen molar-refractivity contribution >= 4 is 11.8 Å². The number of ether oxygens (including phenoxy) is 2. The normalized spacial score (nSPS) is 18.2. The zero-order valence-corrected chi connectivity index (χ0v) is 19.1. The predicted octanol–water partition coefficient (Wildman–Crippen LogP) is 4.51. The van der Waals surface area contributed by atoms with Crippen molar-refractivity contribution < 1.29 is 14.6 Å². The predicted molar refractivity (Wildman–Crippen MR) is 118 cm³/mol. The molecule has 3 rings (SSSR count). The van der Waals surface area contributed by atoms with Crippen LogP contribution in [0.1, 0.15) is 50.6 Å². The molecule has 1 aromatic heterocycles. The van der Waals surface area contributed by atoms with Gasteiger partial charge in [-0.05, 0) is 43.7 Å². The van der Waals surface area contributed by atoms with Gasteiger partial charge in [0, 0.05) is 18.1 Å². The fourth-order valence-corrected chi connectivity index (χ4v) is 4.56. The molecule has 1 aliphatic heterocycles. The van der Waals surface area contributed by atoms with E-state index in [9.17, 15) is 5.11 Å². The lowest BCUT2D eigenvalue weighted by molar-refractivity contribution is 0.0944. The number of rotatable bonds is 8. The molecule has 0 aliphatic carbocycles. The molecular formula is C23H34N2O3S. The number of aromatic nitrogens is 2. The number of aliphatic hydroxyl groups is 1. The maximum absolute atomic E-state index is 10.5. The number of aryl methyl sites for hydroxylation is 1. The summed E-state index contributed by atoms with van der Waals surface area (Å²) in [5.41, 5.74) is 3.36. The highest BCUT2D eigenvalue weighted by Crippen LogP contribution is 2.31. The Hall–Kier alpha value is -1.50. The molecule has 0 radical (unpaired) electrons. The molecule has 0 amide bonds. The minimum absolute atomic E-state index is 0.00158. The molecule has 2 aromatic rings. The third-order valence-corrected chi connectivity index (χ3v) is 6.49. The summed E-state index contributed by atoms with van der Waals surface area (Å²) in [6, 6.07) is 8.06. The van der Waals surface area contributed by atoms with Gasteiger partial charge in [0.25, 0.3) is 0 Å². The molecule has 5 nitrogen and oxygen atoms in total.